The number of aryl methyl sites for hydroxylation is 1. The molecule has 1 saturated heterocycles. The Hall–Kier alpha value is -0.910. The molecule has 3 atom stereocenters. The number of carbonyl (C=O) groups is 1. The maximum absolute atomic E-state index is 12.9. The van der Waals surface area contributed by atoms with Gasteiger partial charge in [0.25, 0.3) is 5.91 Å². The molecule has 1 aliphatic heterocycles. The topological polar surface area (TPSA) is 38.8 Å². The molecular formula is C17H23NO3S. The molecule has 0 radical (unpaired) electrons. The molecule has 0 aromatic carbocycles. The largest absolute Gasteiger partial charge is 0.374 e. The molecule has 3 fully saturated rings. The number of ether oxygens (including phenoxy) is 2. The van der Waals surface area contributed by atoms with Gasteiger partial charge in [0.1, 0.15) is 6.10 Å². The Morgan fingerprint density at radius 3 is 2.95 bits per heavy atom. The van der Waals surface area contributed by atoms with Gasteiger partial charge >= 0.3 is 0 Å². The summed E-state index contributed by atoms with van der Waals surface area (Å²) >= 11 is 1.58. The van der Waals surface area contributed by atoms with Crippen molar-refractivity contribution < 1.29 is 14.3 Å². The van der Waals surface area contributed by atoms with Crippen LogP contribution in [-0.2, 0) is 9.47 Å². The number of thiophene rings is 1. The van der Waals surface area contributed by atoms with Gasteiger partial charge in [-0.25, -0.2) is 0 Å². The van der Waals surface area contributed by atoms with E-state index in [9.17, 15) is 4.79 Å². The second-order valence-corrected chi connectivity index (χ2v) is 7.99. The Labute approximate surface area is 135 Å². The van der Waals surface area contributed by atoms with Gasteiger partial charge in [0.05, 0.1) is 23.6 Å². The molecule has 2 heterocycles. The second kappa shape index (κ2) is 5.95. The molecule has 4 rings (SSSR count). The van der Waals surface area contributed by atoms with E-state index in [0.717, 1.165) is 30.2 Å². The van der Waals surface area contributed by atoms with Gasteiger partial charge in [-0.15, -0.1) is 11.3 Å². The van der Waals surface area contributed by atoms with Crippen LogP contribution >= 0.6 is 11.3 Å². The fraction of sp³-hybridized carbons (Fsp3) is 0.706. The van der Waals surface area contributed by atoms with Crippen molar-refractivity contribution in [2.45, 2.75) is 50.9 Å². The molecule has 0 spiro atoms. The van der Waals surface area contributed by atoms with Gasteiger partial charge in [-0.1, -0.05) is 0 Å². The molecule has 0 unspecified atom stereocenters. The van der Waals surface area contributed by atoms with E-state index >= 15 is 0 Å². The molecule has 2 bridgehead atoms. The smallest absolute Gasteiger partial charge is 0.264 e. The van der Waals surface area contributed by atoms with E-state index < -0.39 is 0 Å². The van der Waals surface area contributed by atoms with E-state index in [0.29, 0.717) is 13.2 Å². The number of rotatable bonds is 4. The van der Waals surface area contributed by atoms with Crippen molar-refractivity contribution in [3.8, 4) is 0 Å². The molecular weight excluding hydrogens is 298 g/mol. The van der Waals surface area contributed by atoms with Crippen LogP contribution in [0, 0.1) is 12.8 Å². The lowest BCUT2D eigenvalue weighted by Crippen LogP contribution is -2.46. The monoisotopic (exact) mass is 321 g/mol. The molecule has 2 aliphatic carbocycles. The summed E-state index contributed by atoms with van der Waals surface area (Å²) in [7, 11) is 0. The van der Waals surface area contributed by atoms with Crippen LogP contribution in [0.3, 0.4) is 0 Å². The van der Waals surface area contributed by atoms with Crippen LogP contribution < -0.4 is 0 Å². The zero-order valence-corrected chi connectivity index (χ0v) is 13.8. The van der Waals surface area contributed by atoms with Crippen LogP contribution in [-0.4, -0.2) is 48.8 Å². The molecule has 4 nitrogen and oxygen atoms in total. The number of hydrogen-bond acceptors (Lipinski definition) is 4. The molecule has 1 amide bonds. The molecule has 120 valence electrons. The SMILES string of the molecule is Cc1ccc(C(=O)N2CCO[C@H]3CC[C@H]2[C@@H]3OCC2CC2)s1. The summed E-state index contributed by atoms with van der Waals surface area (Å²) < 4.78 is 12.1. The molecule has 3 aliphatic rings. The summed E-state index contributed by atoms with van der Waals surface area (Å²) in [5, 5.41) is 0. The summed E-state index contributed by atoms with van der Waals surface area (Å²) in [5.74, 6) is 0.890. The van der Waals surface area contributed by atoms with E-state index in [1.54, 1.807) is 11.3 Å². The molecule has 2 saturated carbocycles. The summed E-state index contributed by atoms with van der Waals surface area (Å²) in [6.45, 7) is 4.18. The maximum Gasteiger partial charge on any atom is 0.264 e. The number of fused-ring (bicyclic) bond motifs is 2. The molecule has 5 heteroatoms. The Morgan fingerprint density at radius 2 is 2.23 bits per heavy atom. The number of carbonyl (C=O) groups excluding carboxylic acids is 1. The fourth-order valence-electron chi connectivity index (χ4n) is 3.58. The number of nitrogens with zero attached hydrogens (tertiary/aromatic N) is 1. The Bertz CT molecular complexity index is 554. The molecule has 1 aromatic rings. The average molecular weight is 321 g/mol. The highest BCUT2D eigenvalue weighted by molar-refractivity contribution is 7.13. The third-order valence-corrected chi connectivity index (χ3v) is 5.98. The summed E-state index contributed by atoms with van der Waals surface area (Å²) in [6, 6.07) is 4.15. The lowest BCUT2D eigenvalue weighted by Gasteiger charge is -2.31. The van der Waals surface area contributed by atoms with Crippen LogP contribution in [0.2, 0.25) is 0 Å². The maximum atomic E-state index is 12.9. The first-order chi connectivity index (χ1) is 10.7. The van der Waals surface area contributed by atoms with E-state index in [-0.39, 0.29) is 24.2 Å². The highest BCUT2D eigenvalue weighted by Gasteiger charge is 2.45. The van der Waals surface area contributed by atoms with Gasteiger partial charge in [0, 0.05) is 18.0 Å². The minimum atomic E-state index is 0.0631. The summed E-state index contributed by atoms with van der Waals surface area (Å²) in [5.41, 5.74) is 0. The number of amides is 1. The Balaban J connectivity index is 1.51. The number of hydrogen-bond donors (Lipinski definition) is 0. The van der Waals surface area contributed by atoms with Gasteiger partial charge in [-0.05, 0) is 50.7 Å². The van der Waals surface area contributed by atoms with Crippen LogP contribution in [0.15, 0.2) is 12.1 Å². The van der Waals surface area contributed by atoms with Crippen molar-refractivity contribution in [2.24, 2.45) is 5.92 Å². The van der Waals surface area contributed by atoms with Gasteiger partial charge < -0.3 is 14.4 Å². The second-order valence-electron chi connectivity index (χ2n) is 6.70. The third-order valence-electron chi connectivity index (χ3n) is 4.99. The van der Waals surface area contributed by atoms with Crippen LogP contribution in [0.1, 0.15) is 40.2 Å². The van der Waals surface area contributed by atoms with Crippen molar-refractivity contribution >= 4 is 17.2 Å². The van der Waals surface area contributed by atoms with Crippen LogP contribution in [0.4, 0.5) is 0 Å². The van der Waals surface area contributed by atoms with E-state index in [1.165, 1.54) is 17.7 Å². The normalized spacial score (nSPS) is 31.3. The minimum Gasteiger partial charge on any atom is -0.374 e. The lowest BCUT2D eigenvalue weighted by molar-refractivity contribution is -0.0556. The molecule has 1 aromatic heterocycles. The van der Waals surface area contributed by atoms with Gasteiger partial charge in [-0.2, -0.15) is 0 Å². The quantitative estimate of drug-likeness (QED) is 0.856. The Kier molecular flexibility index (Phi) is 3.96. The van der Waals surface area contributed by atoms with E-state index in [1.807, 2.05) is 24.0 Å². The average Bonchev–Trinajstić information content (AvgIpc) is 3.13. The summed E-state index contributed by atoms with van der Waals surface area (Å²) in [4.78, 5) is 16.9. The molecule has 22 heavy (non-hydrogen) atoms. The van der Waals surface area contributed by atoms with Crippen molar-refractivity contribution in [3.63, 3.8) is 0 Å². The third kappa shape index (κ3) is 2.82. The van der Waals surface area contributed by atoms with Crippen LogP contribution in [0.25, 0.3) is 0 Å². The first-order valence-electron chi connectivity index (χ1n) is 8.33. The summed E-state index contributed by atoms with van der Waals surface area (Å²) in [6.07, 6.45) is 4.82. The Morgan fingerprint density at radius 1 is 1.36 bits per heavy atom. The highest BCUT2D eigenvalue weighted by Crippen LogP contribution is 2.36. The van der Waals surface area contributed by atoms with Gasteiger partial charge in [0.15, 0.2) is 0 Å². The minimum absolute atomic E-state index is 0.0631. The van der Waals surface area contributed by atoms with Crippen molar-refractivity contribution in [1.82, 2.24) is 4.90 Å². The first-order valence-corrected chi connectivity index (χ1v) is 9.14. The van der Waals surface area contributed by atoms with Gasteiger partial charge in [0.2, 0.25) is 0 Å². The van der Waals surface area contributed by atoms with E-state index in [2.05, 4.69) is 0 Å². The standard InChI is InChI=1S/C17H23NO3S/c1-11-2-7-15(22-11)17(19)18-8-9-20-14-6-5-13(18)16(14)21-10-12-3-4-12/h2,7,12-14,16H,3-6,8-10H2,1H3/t13-,14-,16-/m0/s1. The van der Waals surface area contributed by atoms with Crippen molar-refractivity contribution in [3.05, 3.63) is 21.9 Å². The molecule has 0 N–H and O–H groups in total. The van der Waals surface area contributed by atoms with Crippen molar-refractivity contribution in [1.29, 1.82) is 0 Å². The van der Waals surface area contributed by atoms with Crippen LogP contribution in [0.5, 0.6) is 0 Å². The van der Waals surface area contributed by atoms with Crippen molar-refractivity contribution in [2.75, 3.05) is 19.8 Å². The lowest BCUT2D eigenvalue weighted by atomic mass is 10.1. The fourth-order valence-corrected chi connectivity index (χ4v) is 4.41. The first kappa shape index (κ1) is 14.7. The zero-order valence-electron chi connectivity index (χ0n) is 13.0. The van der Waals surface area contributed by atoms with E-state index in [4.69, 9.17) is 9.47 Å². The predicted octanol–water partition coefficient (Wildman–Crippen LogP) is 2.86. The highest BCUT2D eigenvalue weighted by atomic mass is 32.1. The zero-order chi connectivity index (χ0) is 15.1. The predicted molar refractivity (Wildman–Crippen MR) is 85.3 cm³/mol. The van der Waals surface area contributed by atoms with Gasteiger partial charge in [-0.3, -0.25) is 4.79 Å².